The standard InChI is InChI=1S/C18H17ClN4O2S/c1-9-4-5-12(7-14(9)19)21-17(25)22-13-6-10(2)16-15(8-13)26-18(23-16)20-11(3)24/h4-8H,1-3H3,(H,20,23,24)(H2,21,22,25). The van der Waals surface area contributed by atoms with Gasteiger partial charge in [0.05, 0.1) is 10.2 Å². The van der Waals surface area contributed by atoms with Gasteiger partial charge in [-0.05, 0) is 49.2 Å². The molecule has 8 heteroatoms. The van der Waals surface area contributed by atoms with E-state index in [2.05, 4.69) is 20.9 Å². The molecule has 6 nitrogen and oxygen atoms in total. The molecule has 26 heavy (non-hydrogen) atoms. The number of nitrogens with zero attached hydrogens (tertiary/aromatic N) is 1. The van der Waals surface area contributed by atoms with Crippen molar-refractivity contribution in [2.45, 2.75) is 20.8 Å². The number of anilines is 3. The van der Waals surface area contributed by atoms with Gasteiger partial charge >= 0.3 is 6.03 Å². The minimum Gasteiger partial charge on any atom is -0.308 e. The van der Waals surface area contributed by atoms with Crippen molar-refractivity contribution in [2.75, 3.05) is 16.0 Å². The number of halogens is 1. The molecule has 0 aliphatic heterocycles. The molecular formula is C18H17ClN4O2S. The van der Waals surface area contributed by atoms with Gasteiger partial charge in [0.1, 0.15) is 0 Å². The number of rotatable bonds is 3. The summed E-state index contributed by atoms with van der Waals surface area (Å²) >= 11 is 7.43. The van der Waals surface area contributed by atoms with Crippen molar-refractivity contribution in [1.82, 2.24) is 4.98 Å². The van der Waals surface area contributed by atoms with Crippen molar-refractivity contribution in [1.29, 1.82) is 0 Å². The second kappa shape index (κ2) is 7.31. The number of amides is 3. The third-order valence-electron chi connectivity index (χ3n) is 3.66. The number of benzene rings is 2. The number of aryl methyl sites for hydroxylation is 2. The van der Waals surface area contributed by atoms with Crippen LogP contribution in [-0.2, 0) is 4.79 Å². The lowest BCUT2D eigenvalue weighted by atomic mass is 10.2. The number of fused-ring (bicyclic) bond motifs is 1. The van der Waals surface area contributed by atoms with Crippen LogP contribution >= 0.6 is 22.9 Å². The minimum atomic E-state index is -0.365. The van der Waals surface area contributed by atoms with Gasteiger partial charge in [-0.2, -0.15) is 0 Å². The maximum absolute atomic E-state index is 12.2. The molecular weight excluding hydrogens is 372 g/mol. The Kier molecular flexibility index (Phi) is 5.11. The average molecular weight is 389 g/mol. The maximum atomic E-state index is 12.2. The highest BCUT2D eigenvalue weighted by atomic mass is 35.5. The van der Waals surface area contributed by atoms with Crippen molar-refractivity contribution in [3.63, 3.8) is 0 Å². The average Bonchev–Trinajstić information content (AvgIpc) is 2.93. The minimum absolute atomic E-state index is 0.170. The van der Waals surface area contributed by atoms with Gasteiger partial charge in [0.15, 0.2) is 5.13 Å². The number of carbonyl (C=O) groups is 2. The zero-order valence-electron chi connectivity index (χ0n) is 14.4. The van der Waals surface area contributed by atoms with Gasteiger partial charge in [-0.3, -0.25) is 4.79 Å². The van der Waals surface area contributed by atoms with Crippen LogP contribution in [0.2, 0.25) is 5.02 Å². The second-order valence-electron chi connectivity index (χ2n) is 5.88. The van der Waals surface area contributed by atoms with Gasteiger partial charge in [0, 0.05) is 23.3 Å². The van der Waals surface area contributed by atoms with E-state index < -0.39 is 0 Å². The van der Waals surface area contributed by atoms with Crippen molar-refractivity contribution in [3.8, 4) is 0 Å². The second-order valence-corrected chi connectivity index (χ2v) is 7.32. The zero-order valence-corrected chi connectivity index (χ0v) is 16.0. The van der Waals surface area contributed by atoms with Crippen molar-refractivity contribution in [3.05, 3.63) is 46.5 Å². The molecule has 0 aliphatic carbocycles. The Bertz CT molecular complexity index is 1020. The van der Waals surface area contributed by atoms with E-state index in [0.29, 0.717) is 21.5 Å². The Morgan fingerprint density at radius 3 is 2.42 bits per heavy atom. The molecule has 3 amide bonds. The SMILES string of the molecule is CC(=O)Nc1nc2c(C)cc(NC(=O)Nc3ccc(C)c(Cl)c3)cc2s1. The summed E-state index contributed by atoms with van der Waals surface area (Å²) in [6, 6.07) is 8.63. The Morgan fingerprint density at radius 2 is 1.73 bits per heavy atom. The first-order valence-corrected chi connectivity index (χ1v) is 9.04. The third kappa shape index (κ3) is 4.12. The van der Waals surface area contributed by atoms with Gasteiger partial charge in [-0.25, -0.2) is 9.78 Å². The van der Waals surface area contributed by atoms with E-state index in [1.54, 1.807) is 12.1 Å². The van der Waals surface area contributed by atoms with E-state index in [4.69, 9.17) is 11.6 Å². The topological polar surface area (TPSA) is 83.1 Å². The van der Waals surface area contributed by atoms with Crippen LogP contribution in [0.4, 0.5) is 21.3 Å². The number of nitrogens with one attached hydrogen (secondary N) is 3. The van der Waals surface area contributed by atoms with E-state index in [9.17, 15) is 9.59 Å². The van der Waals surface area contributed by atoms with Crippen LogP contribution in [0.25, 0.3) is 10.2 Å². The molecule has 3 rings (SSSR count). The van der Waals surface area contributed by atoms with Crippen LogP contribution in [0, 0.1) is 13.8 Å². The quantitative estimate of drug-likeness (QED) is 0.578. The molecule has 1 aromatic heterocycles. The highest BCUT2D eigenvalue weighted by molar-refractivity contribution is 7.22. The fraction of sp³-hybridized carbons (Fsp3) is 0.167. The van der Waals surface area contributed by atoms with Crippen LogP contribution in [0.15, 0.2) is 30.3 Å². The molecule has 3 aromatic rings. The molecule has 0 fully saturated rings. The Hall–Kier alpha value is -2.64. The predicted molar refractivity (Wildman–Crippen MR) is 107 cm³/mol. The molecule has 0 radical (unpaired) electrons. The number of hydrogen-bond donors (Lipinski definition) is 3. The van der Waals surface area contributed by atoms with Crippen LogP contribution in [0.1, 0.15) is 18.1 Å². The molecule has 0 saturated carbocycles. The summed E-state index contributed by atoms with van der Waals surface area (Å²) in [5.74, 6) is -0.170. The Labute approximate surface area is 159 Å². The monoisotopic (exact) mass is 388 g/mol. The summed E-state index contributed by atoms with van der Waals surface area (Å²) in [6.45, 7) is 5.24. The first-order chi connectivity index (χ1) is 12.3. The van der Waals surface area contributed by atoms with E-state index >= 15 is 0 Å². The molecule has 0 unspecified atom stereocenters. The summed E-state index contributed by atoms with van der Waals surface area (Å²) in [4.78, 5) is 27.8. The van der Waals surface area contributed by atoms with Gasteiger partial charge < -0.3 is 16.0 Å². The van der Waals surface area contributed by atoms with E-state index in [1.807, 2.05) is 32.0 Å². The number of thiazole rings is 1. The number of carbonyl (C=O) groups excluding carboxylic acids is 2. The summed E-state index contributed by atoms with van der Waals surface area (Å²) in [5, 5.41) is 9.37. The molecule has 3 N–H and O–H groups in total. The lowest BCUT2D eigenvalue weighted by Crippen LogP contribution is -2.19. The molecule has 1 heterocycles. The van der Waals surface area contributed by atoms with Crippen LogP contribution in [0.3, 0.4) is 0 Å². The number of urea groups is 1. The molecule has 0 saturated heterocycles. The van der Waals surface area contributed by atoms with Crippen LogP contribution in [0.5, 0.6) is 0 Å². The number of aromatic nitrogens is 1. The van der Waals surface area contributed by atoms with Crippen LogP contribution < -0.4 is 16.0 Å². The van der Waals surface area contributed by atoms with Gasteiger partial charge in [0.25, 0.3) is 0 Å². The molecule has 0 bridgehead atoms. The summed E-state index contributed by atoms with van der Waals surface area (Å²) < 4.78 is 0.877. The third-order valence-corrected chi connectivity index (χ3v) is 4.98. The molecule has 134 valence electrons. The highest BCUT2D eigenvalue weighted by Crippen LogP contribution is 2.31. The maximum Gasteiger partial charge on any atom is 0.323 e. The summed E-state index contributed by atoms with van der Waals surface area (Å²) in [5.41, 5.74) is 3.91. The molecule has 0 atom stereocenters. The fourth-order valence-corrected chi connectivity index (χ4v) is 3.65. The predicted octanol–water partition coefficient (Wildman–Crippen LogP) is 5.17. The first kappa shape index (κ1) is 18.2. The fourth-order valence-electron chi connectivity index (χ4n) is 2.44. The Balaban J connectivity index is 1.78. The van der Waals surface area contributed by atoms with Crippen molar-refractivity contribution in [2.24, 2.45) is 0 Å². The van der Waals surface area contributed by atoms with Gasteiger partial charge in [0.2, 0.25) is 5.91 Å². The van der Waals surface area contributed by atoms with E-state index in [-0.39, 0.29) is 11.9 Å². The lowest BCUT2D eigenvalue weighted by Gasteiger charge is -2.09. The van der Waals surface area contributed by atoms with Gasteiger partial charge in [-0.15, -0.1) is 0 Å². The highest BCUT2D eigenvalue weighted by Gasteiger charge is 2.11. The first-order valence-electron chi connectivity index (χ1n) is 7.85. The largest absolute Gasteiger partial charge is 0.323 e. The van der Waals surface area contributed by atoms with Crippen molar-refractivity contribution < 1.29 is 9.59 Å². The van der Waals surface area contributed by atoms with Crippen molar-refractivity contribution >= 4 is 61.6 Å². The van der Waals surface area contributed by atoms with E-state index in [0.717, 1.165) is 21.3 Å². The smallest absolute Gasteiger partial charge is 0.308 e. The normalized spacial score (nSPS) is 10.6. The van der Waals surface area contributed by atoms with Gasteiger partial charge in [-0.1, -0.05) is 29.0 Å². The lowest BCUT2D eigenvalue weighted by molar-refractivity contribution is -0.114. The van der Waals surface area contributed by atoms with Crippen LogP contribution in [-0.4, -0.2) is 16.9 Å². The Morgan fingerprint density at radius 1 is 1.00 bits per heavy atom. The zero-order chi connectivity index (χ0) is 18.8. The molecule has 0 aliphatic rings. The number of hydrogen-bond acceptors (Lipinski definition) is 4. The summed E-state index contributed by atoms with van der Waals surface area (Å²) in [7, 11) is 0. The summed E-state index contributed by atoms with van der Waals surface area (Å²) in [6.07, 6.45) is 0. The van der Waals surface area contributed by atoms with E-state index in [1.165, 1.54) is 18.3 Å². The molecule has 0 spiro atoms. The molecule has 2 aromatic carbocycles.